The zero-order chi connectivity index (χ0) is 14.1. The van der Waals surface area contributed by atoms with E-state index in [1.165, 1.54) is 0 Å². The van der Waals surface area contributed by atoms with Crippen LogP contribution in [0.4, 0.5) is 5.82 Å². The summed E-state index contributed by atoms with van der Waals surface area (Å²) >= 11 is 5.19. The summed E-state index contributed by atoms with van der Waals surface area (Å²) in [4.78, 5) is 7.26. The number of rotatable bonds is 3. The lowest BCUT2D eigenvalue weighted by molar-refractivity contribution is 0.193. The van der Waals surface area contributed by atoms with Gasteiger partial charge in [0, 0.05) is 19.0 Å². The zero-order valence-electron chi connectivity index (χ0n) is 11.4. The van der Waals surface area contributed by atoms with Gasteiger partial charge in [0.1, 0.15) is 10.8 Å². The highest BCUT2D eigenvalue weighted by atomic mass is 32.1. The van der Waals surface area contributed by atoms with Crippen LogP contribution in [0.1, 0.15) is 12.0 Å². The molecule has 0 radical (unpaired) electrons. The lowest BCUT2D eigenvalue weighted by Gasteiger charge is -2.26. The van der Waals surface area contributed by atoms with Crippen molar-refractivity contribution in [3.05, 3.63) is 35.9 Å². The predicted octanol–water partition coefficient (Wildman–Crippen LogP) is 2.09. The standard InChI is InChI=1S/C15H17N3OS/c1-18(11-6-7-19-9-11)15-12(14(16)20)8-10-4-2-3-5-13(10)17-15/h2-5,8,11H,6-7,9H2,1H3,(H2,16,20). The van der Waals surface area contributed by atoms with Crippen molar-refractivity contribution in [2.75, 3.05) is 25.2 Å². The van der Waals surface area contributed by atoms with E-state index in [-0.39, 0.29) is 0 Å². The summed E-state index contributed by atoms with van der Waals surface area (Å²) in [7, 11) is 2.03. The van der Waals surface area contributed by atoms with Crippen LogP contribution in [0.5, 0.6) is 0 Å². The van der Waals surface area contributed by atoms with Crippen molar-refractivity contribution in [1.82, 2.24) is 4.98 Å². The molecule has 2 N–H and O–H groups in total. The minimum absolute atomic E-state index is 0.330. The normalized spacial score (nSPS) is 18.4. The smallest absolute Gasteiger partial charge is 0.139 e. The Bertz CT molecular complexity index is 653. The molecule has 3 rings (SSSR count). The molecular formula is C15H17N3OS. The first kappa shape index (κ1) is 13.3. The molecule has 0 aliphatic carbocycles. The number of anilines is 1. The molecule has 1 aromatic heterocycles. The number of hydrogen-bond acceptors (Lipinski definition) is 4. The first-order chi connectivity index (χ1) is 9.66. The molecule has 20 heavy (non-hydrogen) atoms. The minimum atomic E-state index is 0.330. The van der Waals surface area contributed by atoms with Crippen molar-refractivity contribution in [2.45, 2.75) is 12.5 Å². The van der Waals surface area contributed by atoms with Crippen molar-refractivity contribution >= 4 is 33.9 Å². The number of para-hydroxylation sites is 1. The maximum absolute atomic E-state index is 5.88. The van der Waals surface area contributed by atoms with E-state index in [4.69, 9.17) is 27.7 Å². The highest BCUT2D eigenvalue weighted by Crippen LogP contribution is 2.26. The van der Waals surface area contributed by atoms with E-state index < -0.39 is 0 Å². The highest BCUT2D eigenvalue weighted by Gasteiger charge is 2.24. The van der Waals surface area contributed by atoms with E-state index in [2.05, 4.69) is 4.90 Å². The third-order valence-electron chi connectivity index (χ3n) is 3.76. The van der Waals surface area contributed by atoms with Gasteiger partial charge in [-0.05, 0) is 18.6 Å². The lowest BCUT2D eigenvalue weighted by atomic mass is 10.1. The summed E-state index contributed by atoms with van der Waals surface area (Å²) in [6.07, 6.45) is 1.00. The lowest BCUT2D eigenvalue weighted by Crippen LogP contribution is -2.34. The number of aromatic nitrogens is 1. The van der Waals surface area contributed by atoms with Gasteiger partial charge >= 0.3 is 0 Å². The Morgan fingerprint density at radius 1 is 1.45 bits per heavy atom. The number of thiocarbonyl (C=S) groups is 1. The number of nitrogens with two attached hydrogens (primary N) is 1. The summed E-state index contributed by atoms with van der Waals surface area (Å²) in [6, 6.07) is 10.3. The fourth-order valence-corrected chi connectivity index (χ4v) is 2.71. The second kappa shape index (κ2) is 5.34. The molecule has 1 fully saturated rings. The van der Waals surface area contributed by atoms with Crippen LogP contribution in [0.2, 0.25) is 0 Å². The molecule has 0 saturated carbocycles. The Balaban J connectivity index is 2.11. The van der Waals surface area contributed by atoms with E-state index in [1.807, 2.05) is 37.4 Å². The van der Waals surface area contributed by atoms with Crippen molar-refractivity contribution in [1.29, 1.82) is 0 Å². The average molecular weight is 287 g/mol. The summed E-state index contributed by atoms with van der Waals surface area (Å²) in [5.74, 6) is 0.840. The Kier molecular flexibility index (Phi) is 3.54. The molecular weight excluding hydrogens is 270 g/mol. The molecule has 1 atom stereocenters. The molecule has 1 aromatic carbocycles. The molecule has 2 aromatic rings. The van der Waals surface area contributed by atoms with Gasteiger partial charge in [-0.25, -0.2) is 4.98 Å². The molecule has 1 aliphatic heterocycles. The van der Waals surface area contributed by atoms with Gasteiger partial charge in [-0.1, -0.05) is 30.4 Å². The van der Waals surface area contributed by atoms with Crippen LogP contribution < -0.4 is 10.6 Å². The summed E-state index contributed by atoms with van der Waals surface area (Å²) < 4.78 is 5.45. The van der Waals surface area contributed by atoms with E-state index in [0.717, 1.165) is 41.9 Å². The van der Waals surface area contributed by atoms with E-state index in [1.54, 1.807) is 0 Å². The first-order valence-electron chi connectivity index (χ1n) is 6.67. The predicted molar refractivity (Wildman–Crippen MR) is 85.3 cm³/mol. The van der Waals surface area contributed by atoms with Crippen LogP contribution in [0.15, 0.2) is 30.3 Å². The number of likely N-dealkylation sites (N-methyl/N-ethyl adjacent to an activating group) is 1. The van der Waals surface area contributed by atoms with Gasteiger partial charge in [0.2, 0.25) is 0 Å². The summed E-state index contributed by atoms with van der Waals surface area (Å²) in [5, 5.41) is 1.05. The van der Waals surface area contributed by atoms with Gasteiger partial charge in [0.15, 0.2) is 0 Å². The number of benzene rings is 1. The Labute approximate surface area is 123 Å². The van der Waals surface area contributed by atoms with Gasteiger partial charge in [0.25, 0.3) is 0 Å². The quantitative estimate of drug-likeness (QED) is 0.876. The third-order valence-corrected chi connectivity index (χ3v) is 3.98. The number of nitrogens with zero attached hydrogens (tertiary/aromatic N) is 2. The second-order valence-corrected chi connectivity index (χ2v) is 5.48. The van der Waals surface area contributed by atoms with Crippen LogP contribution in [0.25, 0.3) is 10.9 Å². The van der Waals surface area contributed by atoms with E-state index in [9.17, 15) is 0 Å². The average Bonchev–Trinajstić information content (AvgIpc) is 2.99. The van der Waals surface area contributed by atoms with Crippen LogP contribution in [0.3, 0.4) is 0 Å². The second-order valence-electron chi connectivity index (χ2n) is 5.04. The van der Waals surface area contributed by atoms with Crippen LogP contribution in [-0.2, 0) is 4.74 Å². The third kappa shape index (κ3) is 2.34. The molecule has 0 bridgehead atoms. The largest absolute Gasteiger partial charge is 0.389 e. The SMILES string of the molecule is CN(c1nc2ccccc2cc1C(N)=S)C1CCOC1. The van der Waals surface area contributed by atoms with Crippen LogP contribution >= 0.6 is 12.2 Å². The molecule has 5 heteroatoms. The molecule has 1 aliphatic rings. The minimum Gasteiger partial charge on any atom is -0.389 e. The van der Waals surface area contributed by atoms with Gasteiger partial charge in [-0.2, -0.15) is 0 Å². The summed E-state index contributed by atoms with van der Waals surface area (Å²) in [5.41, 5.74) is 7.65. The first-order valence-corrected chi connectivity index (χ1v) is 7.08. The number of hydrogen-bond donors (Lipinski definition) is 1. The molecule has 0 spiro atoms. The van der Waals surface area contributed by atoms with Gasteiger partial charge < -0.3 is 15.4 Å². The molecule has 104 valence electrons. The fraction of sp³-hybridized carbons (Fsp3) is 0.333. The topological polar surface area (TPSA) is 51.4 Å². The van der Waals surface area contributed by atoms with Gasteiger partial charge in [-0.15, -0.1) is 0 Å². The van der Waals surface area contributed by atoms with Crippen molar-refractivity contribution in [3.63, 3.8) is 0 Å². The van der Waals surface area contributed by atoms with Crippen molar-refractivity contribution in [2.24, 2.45) is 5.73 Å². The van der Waals surface area contributed by atoms with E-state index >= 15 is 0 Å². The van der Waals surface area contributed by atoms with Gasteiger partial charge in [0.05, 0.1) is 23.7 Å². The number of pyridine rings is 1. The number of fused-ring (bicyclic) bond motifs is 1. The Hall–Kier alpha value is -1.72. The van der Waals surface area contributed by atoms with Crippen LogP contribution in [-0.4, -0.2) is 36.3 Å². The zero-order valence-corrected chi connectivity index (χ0v) is 12.2. The molecule has 0 amide bonds. The van der Waals surface area contributed by atoms with Crippen molar-refractivity contribution in [3.8, 4) is 0 Å². The number of ether oxygens (including phenoxy) is 1. The maximum atomic E-state index is 5.88. The fourth-order valence-electron chi connectivity index (χ4n) is 2.56. The maximum Gasteiger partial charge on any atom is 0.139 e. The van der Waals surface area contributed by atoms with Crippen LogP contribution in [0, 0.1) is 0 Å². The molecule has 2 heterocycles. The summed E-state index contributed by atoms with van der Waals surface area (Å²) in [6.45, 7) is 1.52. The Morgan fingerprint density at radius 2 is 2.25 bits per heavy atom. The Morgan fingerprint density at radius 3 is 2.95 bits per heavy atom. The molecule has 4 nitrogen and oxygen atoms in total. The van der Waals surface area contributed by atoms with Crippen molar-refractivity contribution < 1.29 is 4.74 Å². The molecule has 1 saturated heterocycles. The molecule has 1 unspecified atom stereocenters. The van der Waals surface area contributed by atoms with Gasteiger partial charge in [-0.3, -0.25) is 0 Å². The highest BCUT2D eigenvalue weighted by molar-refractivity contribution is 7.80. The van der Waals surface area contributed by atoms with E-state index in [0.29, 0.717) is 11.0 Å². The monoisotopic (exact) mass is 287 g/mol.